The molecule has 0 aliphatic carbocycles. The first-order valence-electron chi connectivity index (χ1n) is 5.45. The Labute approximate surface area is 94.3 Å². The van der Waals surface area contributed by atoms with E-state index in [-0.39, 0.29) is 11.9 Å². The van der Waals surface area contributed by atoms with Crippen LogP contribution in [0.15, 0.2) is 30.7 Å². The van der Waals surface area contributed by atoms with Crippen molar-refractivity contribution >= 4 is 11.6 Å². The number of rotatable bonds is 3. The summed E-state index contributed by atoms with van der Waals surface area (Å²) in [4.78, 5) is 16.1. The highest BCUT2D eigenvalue weighted by Crippen LogP contribution is 2.08. The molecule has 4 heteroatoms. The number of imidazole rings is 1. The quantitative estimate of drug-likeness (QED) is 0.853. The van der Waals surface area contributed by atoms with Gasteiger partial charge in [0.05, 0.1) is 5.56 Å². The lowest BCUT2D eigenvalue weighted by Crippen LogP contribution is -2.32. The second-order valence-electron chi connectivity index (χ2n) is 3.86. The Bertz CT molecular complexity index is 504. The minimum absolute atomic E-state index is 0.0637. The summed E-state index contributed by atoms with van der Waals surface area (Å²) >= 11 is 0. The van der Waals surface area contributed by atoms with E-state index in [1.165, 1.54) is 0 Å². The average molecular weight is 217 g/mol. The Hall–Kier alpha value is -1.84. The van der Waals surface area contributed by atoms with Gasteiger partial charge in [-0.1, -0.05) is 6.92 Å². The van der Waals surface area contributed by atoms with Crippen LogP contribution in [0.4, 0.5) is 0 Å². The maximum absolute atomic E-state index is 12.0. The number of aromatic nitrogens is 2. The van der Waals surface area contributed by atoms with Gasteiger partial charge in [-0.2, -0.15) is 0 Å². The molecule has 16 heavy (non-hydrogen) atoms. The van der Waals surface area contributed by atoms with E-state index in [9.17, 15) is 4.79 Å². The third-order valence-corrected chi connectivity index (χ3v) is 2.65. The van der Waals surface area contributed by atoms with Crippen molar-refractivity contribution in [3.8, 4) is 0 Å². The second kappa shape index (κ2) is 4.35. The van der Waals surface area contributed by atoms with Crippen LogP contribution in [-0.4, -0.2) is 21.3 Å². The number of nitrogens with one attached hydrogen (secondary N) is 1. The molecule has 0 bridgehead atoms. The topological polar surface area (TPSA) is 46.4 Å². The summed E-state index contributed by atoms with van der Waals surface area (Å²) in [5.74, 6) is -0.0637. The van der Waals surface area contributed by atoms with Crippen molar-refractivity contribution < 1.29 is 4.79 Å². The molecule has 0 saturated heterocycles. The highest BCUT2D eigenvalue weighted by atomic mass is 16.1. The fourth-order valence-electron chi connectivity index (χ4n) is 1.53. The van der Waals surface area contributed by atoms with Gasteiger partial charge >= 0.3 is 0 Å². The summed E-state index contributed by atoms with van der Waals surface area (Å²) < 4.78 is 1.84. The third kappa shape index (κ3) is 1.91. The van der Waals surface area contributed by atoms with E-state index in [4.69, 9.17) is 0 Å². The highest BCUT2D eigenvalue weighted by molar-refractivity contribution is 5.99. The van der Waals surface area contributed by atoms with E-state index in [1.54, 1.807) is 12.3 Å². The number of nitrogens with zero attached hydrogens (tertiary/aromatic N) is 2. The first kappa shape index (κ1) is 10.7. The van der Waals surface area contributed by atoms with Gasteiger partial charge in [-0.25, -0.2) is 4.98 Å². The molecule has 0 aliphatic rings. The minimum atomic E-state index is -0.0637. The molecule has 84 valence electrons. The van der Waals surface area contributed by atoms with E-state index in [2.05, 4.69) is 10.3 Å². The Balaban J connectivity index is 2.32. The van der Waals surface area contributed by atoms with Crippen LogP contribution in [0.1, 0.15) is 30.6 Å². The number of hydrogen-bond donors (Lipinski definition) is 1. The van der Waals surface area contributed by atoms with Crippen LogP contribution in [0, 0.1) is 0 Å². The van der Waals surface area contributed by atoms with Gasteiger partial charge in [-0.15, -0.1) is 0 Å². The maximum Gasteiger partial charge on any atom is 0.255 e. The SMILES string of the molecule is CCC(C)NC(=O)c1cccn2ccnc12. The first-order valence-corrected chi connectivity index (χ1v) is 5.45. The molecule has 4 nitrogen and oxygen atoms in total. The highest BCUT2D eigenvalue weighted by Gasteiger charge is 2.12. The summed E-state index contributed by atoms with van der Waals surface area (Å²) in [6.07, 6.45) is 6.32. The van der Waals surface area contributed by atoms with Crippen molar-refractivity contribution in [1.82, 2.24) is 14.7 Å². The first-order chi connectivity index (χ1) is 7.72. The zero-order valence-electron chi connectivity index (χ0n) is 9.47. The smallest absolute Gasteiger partial charge is 0.255 e. The normalized spacial score (nSPS) is 12.6. The van der Waals surface area contributed by atoms with Crippen LogP contribution in [-0.2, 0) is 0 Å². The fraction of sp³-hybridized carbons (Fsp3) is 0.333. The molecular formula is C12H15N3O. The van der Waals surface area contributed by atoms with Gasteiger partial charge < -0.3 is 9.72 Å². The van der Waals surface area contributed by atoms with Crippen molar-refractivity contribution in [3.05, 3.63) is 36.3 Å². The van der Waals surface area contributed by atoms with Gasteiger partial charge in [-0.05, 0) is 25.5 Å². The van der Waals surface area contributed by atoms with Gasteiger partial charge in [-0.3, -0.25) is 4.79 Å². The van der Waals surface area contributed by atoms with Crippen LogP contribution >= 0.6 is 0 Å². The summed E-state index contributed by atoms with van der Waals surface area (Å²) in [6, 6.07) is 3.82. The van der Waals surface area contributed by atoms with Crippen LogP contribution in [0.5, 0.6) is 0 Å². The lowest BCUT2D eigenvalue weighted by molar-refractivity contribution is 0.0940. The largest absolute Gasteiger partial charge is 0.349 e. The van der Waals surface area contributed by atoms with Crippen LogP contribution in [0.2, 0.25) is 0 Å². The molecular weight excluding hydrogens is 202 g/mol. The molecule has 1 unspecified atom stereocenters. The van der Waals surface area contributed by atoms with Crippen LogP contribution < -0.4 is 5.32 Å². The van der Waals surface area contributed by atoms with Crippen molar-refractivity contribution in [2.75, 3.05) is 0 Å². The van der Waals surface area contributed by atoms with Crippen molar-refractivity contribution in [2.45, 2.75) is 26.3 Å². The predicted molar refractivity (Wildman–Crippen MR) is 62.4 cm³/mol. The molecule has 0 spiro atoms. The number of carbonyl (C=O) groups excluding carboxylic acids is 1. The monoisotopic (exact) mass is 217 g/mol. The summed E-state index contributed by atoms with van der Waals surface area (Å²) in [6.45, 7) is 4.03. The summed E-state index contributed by atoms with van der Waals surface area (Å²) in [7, 11) is 0. The Kier molecular flexibility index (Phi) is 2.90. The number of amides is 1. The molecule has 0 saturated carbocycles. The number of hydrogen-bond acceptors (Lipinski definition) is 2. The molecule has 2 rings (SSSR count). The number of fused-ring (bicyclic) bond motifs is 1. The van der Waals surface area contributed by atoms with E-state index in [0.29, 0.717) is 11.2 Å². The van der Waals surface area contributed by atoms with Gasteiger partial charge in [0, 0.05) is 24.6 Å². The van der Waals surface area contributed by atoms with Gasteiger partial charge in [0.25, 0.3) is 5.91 Å². The molecule has 1 atom stereocenters. The van der Waals surface area contributed by atoms with Gasteiger partial charge in [0.2, 0.25) is 0 Å². The van der Waals surface area contributed by atoms with Crippen LogP contribution in [0.25, 0.3) is 5.65 Å². The maximum atomic E-state index is 12.0. The minimum Gasteiger partial charge on any atom is -0.349 e. The molecule has 0 fully saturated rings. The molecule has 0 aliphatic heterocycles. The van der Waals surface area contributed by atoms with Gasteiger partial charge in [0.15, 0.2) is 0 Å². The lowest BCUT2D eigenvalue weighted by atomic mass is 10.2. The zero-order chi connectivity index (χ0) is 11.5. The molecule has 2 aromatic rings. The van der Waals surface area contributed by atoms with Crippen LogP contribution in [0.3, 0.4) is 0 Å². The van der Waals surface area contributed by atoms with E-state index in [0.717, 1.165) is 6.42 Å². The zero-order valence-corrected chi connectivity index (χ0v) is 9.47. The predicted octanol–water partition coefficient (Wildman–Crippen LogP) is 1.86. The number of carbonyl (C=O) groups is 1. The molecule has 0 radical (unpaired) electrons. The Morgan fingerprint density at radius 1 is 1.56 bits per heavy atom. The van der Waals surface area contributed by atoms with E-state index >= 15 is 0 Å². The Morgan fingerprint density at radius 2 is 2.38 bits per heavy atom. The standard InChI is InChI=1S/C12H15N3O/c1-3-9(2)14-12(16)10-5-4-7-15-8-6-13-11(10)15/h4-9H,3H2,1-2H3,(H,14,16). The van der Waals surface area contributed by atoms with Crippen molar-refractivity contribution in [1.29, 1.82) is 0 Å². The fourth-order valence-corrected chi connectivity index (χ4v) is 1.53. The molecule has 0 aromatic carbocycles. The average Bonchev–Trinajstić information content (AvgIpc) is 2.76. The van der Waals surface area contributed by atoms with E-state index in [1.807, 2.05) is 36.7 Å². The van der Waals surface area contributed by atoms with E-state index < -0.39 is 0 Å². The van der Waals surface area contributed by atoms with Gasteiger partial charge in [0.1, 0.15) is 5.65 Å². The molecule has 1 amide bonds. The van der Waals surface area contributed by atoms with Crippen molar-refractivity contribution in [3.63, 3.8) is 0 Å². The molecule has 2 aromatic heterocycles. The number of pyridine rings is 1. The van der Waals surface area contributed by atoms with Crippen molar-refractivity contribution in [2.24, 2.45) is 0 Å². The Morgan fingerprint density at radius 3 is 3.12 bits per heavy atom. The lowest BCUT2D eigenvalue weighted by Gasteiger charge is -2.11. The second-order valence-corrected chi connectivity index (χ2v) is 3.86. The molecule has 1 N–H and O–H groups in total. The molecule has 2 heterocycles. The summed E-state index contributed by atoms with van der Waals surface area (Å²) in [5.41, 5.74) is 1.32. The summed E-state index contributed by atoms with van der Waals surface area (Å²) in [5, 5.41) is 2.94. The third-order valence-electron chi connectivity index (χ3n) is 2.65.